The Hall–Kier alpha value is -3.23. The van der Waals surface area contributed by atoms with Gasteiger partial charge in [-0.15, -0.1) is 0 Å². The molecule has 3 amide bonds. The lowest BCUT2D eigenvalue weighted by atomic mass is 10.0. The zero-order chi connectivity index (χ0) is 22.8. The molecule has 5 rings (SSSR count). The molecule has 3 aliphatic heterocycles. The molecule has 0 saturated carbocycles. The van der Waals surface area contributed by atoms with E-state index in [0.29, 0.717) is 42.7 Å². The van der Waals surface area contributed by atoms with E-state index in [1.54, 1.807) is 15.9 Å². The van der Waals surface area contributed by atoms with Crippen LogP contribution in [0.1, 0.15) is 45.3 Å². The largest absolute Gasteiger partial charge is 0.379 e. The maximum Gasteiger partial charge on any atom is 0.260 e. The first-order chi connectivity index (χ1) is 16.1. The van der Waals surface area contributed by atoms with Gasteiger partial charge in [-0.25, -0.2) is 0 Å². The molecule has 0 radical (unpaired) electrons. The number of amides is 3. The topological polar surface area (TPSA) is 82.2 Å². The van der Waals surface area contributed by atoms with E-state index in [2.05, 4.69) is 10.2 Å². The fourth-order valence-corrected chi connectivity index (χ4v) is 4.88. The number of morpholine rings is 1. The fourth-order valence-electron chi connectivity index (χ4n) is 4.88. The molecule has 2 aromatic rings. The quantitative estimate of drug-likeness (QED) is 0.701. The van der Waals surface area contributed by atoms with E-state index in [1.807, 2.05) is 42.5 Å². The van der Waals surface area contributed by atoms with Gasteiger partial charge in [0.15, 0.2) is 0 Å². The number of nitrogens with zero attached hydrogens (tertiary/aromatic N) is 3. The third kappa shape index (κ3) is 4.12. The first-order valence-electron chi connectivity index (χ1n) is 11.5. The van der Waals surface area contributed by atoms with E-state index in [0.717, 1.165) is 38.4 Å². The number of para-hydroxylation sites is 1. The van der Waals surface area contributed by atoms with Gasteiger partial charge in [-0.05, 0) is 24.6 Å². The second-order valence-electron chi connectivity index (χ2n) is 8.56. The van der Waals surface area contributed by atoms with Crippen LogP contribution in [-0.2, 0) is 9.53 Å². The number of anilines is 1. The van der Waals surface area contributed by atoms with Gasteiger partial charge in [0.1, 0.15) is 6.17 Å². The first-order valence-corrected chi connectivity index (χ1v) is 11.5. The average Bonchev–Trinajstić information content (AvgIpc) is 3.14. The van der Waals surface area contributed by atoms with Crippen LogP contribution in [0.15, 0.2) is 48.5 Å². The Morgan fingerprint density at radius 3 is 2.48 bits per heavy atom. The van der Waals surface area contributed by atoms with Crippen molar-refractivity contribution in [3.63, 3.8) is 0 Å². The summed E-state index contributed by atoms with van der Waals surface area (Å²) < 4.78 is 5.34. The number of fused-ring (bicyclic) bond motifs is 5. The van der Waals surface area contributed by atoms with Gasteiger partial charge in [-0.1, -0.05) is 30.3 Å². The van der Waals surface area contributed by atoms with Crippen molar-refractivity contribution >= 4 is 23.4 Å². The minimum atomic E-state index is -0.472. The van der Waals surface area contributed by atoms with Crippen LogP contribution in [0, 0.1) is 0 Å². The molecule has 1 N–H and O–H groups in total. The van der Waals surface area contributed by atoms with E-state index >= 15 is 0 Å². The van der Waals surface area contributed by atoms with Gasteiger partial charge in [0, 0.05) is 50.3 Å². The predicted octanol–water partition coefficient (Wildman–Crippen LogP) is 2.03. The zero-order valence-electron chi connectivity index (χ0n) is 18.5. The van der Waals surface area contributed by atoms with Crippen LogP contribution in [0.2, 0.25) is 0 Å². The number of hydrogen-bond donors (Lipinski definition) is 1. The van der Waals surface area contributed by atoms with Crippen molar-refractivity contribution in [3.8, 4) is 0 Å². The normalized spacial score (nSPS) is 19.8. The molecule has 1 fully saturated rings. The molecule has 0 spiro atoms. The molecule has 8 nitrogen and oxygen atoms in total. The molecule has 0 unspecified atom stereocenters. The van der Waals surface area contributed by atoms with Gasteiger partial charge in [0.2, 0.25) is 5.91 Å². The van der Waals surface area contributed by atoms with Crippen molar-refractivity contribution in [1.29, 1.82) is 0 Å². The minimum Gasteiger partial charge on any atom is -0.379 e. The molecule has 2 aromatic carbocycles. The Kier molecular flexibility index (Phi) is 6.11. The summed E-state index contributed by atoms with van der Waals surface area (Å²) in [6.45, 7) is 5.08. The van der Waals surface area contributed by atoms with Crippen molar-refractivity contribution in [3.05, 3.63) is 65.2 Å². The third-order valence-corrected chi connectivity index (χ3v) is 6.54. The van der Waals surface area contributed by atoms with Gasteiger partial charge >= 0.3 is 0 Å². The van der Waals surface area contributed by atoms with E-state index in [9.17, 15) is 14.4 Å². The minimum absolute atomic E-state index is 0.0205. The maximum atomic E-state index is 13.4. The maximum absolute atomic E-state index is 13.4. The number of carbonyl (C=O) groups is 3. The number of hydrogen-bond acceptors (Lipinski definition) is 5. The van der Waals surface area contributed by atoms with Gasteiger partial charge in [0.05, 0.1) is 24.5 Å². The lowest BCUT2D eigenvalue weighted by molar-refractivity contribution is -0.121. The van der Waals surface area contributed by atoms with Crippen molar-refractivity contribution in [2.24, 2.45) is 0 Å². The molecule has 3 aliphatic rings. The summed E-state index contributed by atoms with van der Waals surface area (Å²) in [5, 5.41) is 2.97. The lowest BCUT2D eigenvalue weighted by Gasteiger charge is -2.41. The summed E-state index contributed by atoms with van der Waals surface area (Å²) >= 11 is 0. The monoisotopic (exact) mass is 448 g/mol. The molecule has 8 heteroatoms. The smallest absolute Gasteiger partial charge is 0.260 e. The third-order valence-electron chi connectivity index (χ3n) is 6.54. The molecular formula is C25H28N4O4. The molecule has 1 saturated heterocycles. The molecule has 0 aliphatic carbocycles. The Bertz CT molecular complexity index is 1070. The molecule has 0 bridgehead atoms. The zero-order valence-corrected chi connectivity index (χ0v) is 18.5. The summed E-state index contributed by atoms with van der Waals surface area (Å²) in [7, 11) is 0. The van der Waals surface area contributed by atoms with Crippen molar-refractivity contribution < 1.29 is 19.1 Å². The number of ether oxygens (including phenoxy) is 1. The highest BCUT2D eigenvalue weighted by Gasteiger charge is 2.47. The molecule has 0 aromatic heterocycles. The standard InChI is InChI=1S/C25H28N4O4/c30-22(26-11-13-27-14-16-33-17-15-27)10-5-12-28-23-18-6-1-2-7-19(18)25(32)29(23)21-9-4-3-8-20(21)24(28)31/h1-4,6-9,23H,5,10-17H2,(H,26,30)/t23-/m1/s1. The van der Waals surface area contributed by atoms with Gasteiger partial charge < -0.3 is 15.0 Å². The summed E-state index contributed by atoms with van der Waals surface area (Å²) in [6.07, 6.45) is 0.384. The number of nitrogens with one attached hydrogen (secondary N) is 1. The van der Waals surface area contributed by atoms with Crippen LogP contribution >= 0.6 is 0 Å². The second-order valence-corrected chi connectivity index (χ2v) is 8.56. The number of rotatable bonds is 7. The second kappa shape index (κ2) is 9.33. The van der Waals surface area contributed by atoms with Crippen molar-refractivity contribution in [2.45, 2.75) is 19.0 Å². The van der Waals surface area contributed by atoms with Crippen LogP contribution in [0.4, 0.5) is 5.69 Å². The van der Waals surface area contributed by atoms with Crippen LogP contribution < -0.4 is 10.2 Å². The van der Waals surface area contributed by atoms with Gasteiger partial charge in [-0.3, -0.25) is 24.2 Å². The van der Waals surface area contributed by atoms with Crippen molar-refractivity contribution in [1.82, 2.24) is 15.1 Å². The van der Waals surface area contributed by atoms with E-state index in [1.165, 1.54) is 0 Å². The average molecular weight is 449 g/mol. The first kappa shape index (κ1) is 21.6. The summed E-state index contributed by atoms with van der Waals surface area (Å²) in [4.78, 5) is 44.6. The molecular weight excluding hydrogens is 420 g/mol. The lowest BCUT2D eigenvalue weighted by Crippen LogP contribution is -2.48. The highest BCUT2D eigenvalue weighted by atomic mass is 16.5. The molecule has 33 heavy (non-hydrogen) atoms. The fraction of sp³-hybridized carbons (Fsp3) is 0.400. The molecule has 3 heterocycles. The highest BCUT2D eigenvalue weighted by molar-refractivity contribution is 6.16. The van der Waals surface area contributed by atoms with Gasteiger partial charge in [-0.2, -0.15) is 0 Å². The summed E-state index contributed by atoms with van der Waals surface area (Å²) in [5.41, 5.74) is 2.62. The van der Waals surface area contributed by atoms with E-state index < -0.39 is 6.17 Å². The van der Waals surface area contributed by atoms with Crippen molar-refractivity contribution in [2.75, 3.05) is 50.8 Å². The summed E-state index contributed by atoms with van der Waals surface area (Å²) in [6, 6.07) is 14.7. The van der Waals surface area contributed by atoms with Gasteiger partial charge in [0.25, 0.3) is 11.8 Å². The number of benzene rings is 2. The SMILES string of the molecule is O=C(CCCN1C(=O)c2ccccc2N2C(=O)c3ccccc3[C@H]12)NCCN1CCOCC1. The van der Waals surface area contributed by atoms with E-state index in [4.69, 9.17) is 4.74 Å². The van der Waals surface area contributed by atoms with Crippen LogP contribution in [0.3, 0.4) is 0 Å². The van der Waals surface area contributed by atoms with E-state index in [-0.39, 0.29) is 17.7 Å². The van der Waals surface area contributed by atoms with Crippen LogP contribution in [0.5, 0.6) is 0 Å². The Balaban J connectivity index is 1.24. The molecule has 172 valence electrons. The Morgan fingerprint density at radius 2 is 1.67 bits per heavy atom. The summed E-state index contributed by atoms with van der Waals surface area (Å²) in [5.74, 6) is -0.224. The Morgan fingerprint density at radius 1 is 0.939 bits per heavy atom. The highest BCUT2D eigenvalue weighted by Crippen LogP contribution is 2.45. The molecule has 1 atom stereocenters. The number of carbonyl (C=O) groups excluding carboxylic acids is 3. The van der Waals surface area contributed by atoms with Crippen LogP contribution in [0.25, 0.3) is 0 Å². The van der Waals surface area contributed by atoms with Crippen LogP contribution in [-0.4, -0.2) is 73.5 Å². The predicted molar refractivity (Wildman–Crippen MR) is 123 cm³/mol. The Labute approximate surface area is 193 Å².